The number of fused-ring (bicyclic) bond motifs is 16. The summed E-state index contributed by atoms with van der Waals surface area (Å²) in [5.74, 6) is 0. The third kappa shape index (κ3) is 4.60. The van der Waals surface area contributed by atoms with Gasteiger partial charge in [-0.25, -0.2) is 0 Å². The van der Waals surface area contributed by atoms with Gasteiger partial charge in [0.2, 0.25) is 0 Å². The molecule has 2 aliphatic carbocycles. The summed E-state index contributed by atoms with van der Waals surface area (Å²) in [6.45, 7) is 0. The zero-order valence-corrected chi connectivity index (χ0v) is 34.7. The van der Waals surface area contributed by atoms with E-state index in [1.54, 1.807) is 0 Å². The molecular weight excluding hydrogens is 777 g/mol. The van der Waals surface area contributed by atoms with Crippen molar-refractivity contribution in [2.45, 2.75) is 5.41 Å². The summed E-state index contributed by atoms with van der Waals surface area (Å²) in [4.78, 5) is 2.59. The summed E-state index contributed by atoms with van der Waals surface area (Å²) < 4.78 is 8.97. The topological polar surface area (TPSA) is 21.3 Å². The molecule has 298 valence electrons. The summed E-state index contributed by atoms with van der Waals surface area (Å²) in [6.07, 6.45) is 0. The Hall–Kier alpha value is -8.40. The fourth-order valence-electron chi connectivity index (χ4n) is 11.6. The normalized spacial score (nSPS) is 13.1. The Balaban J connectivity index is 1.16. The monoisotopic (exact) mass is 814 g/mol. The SMILES string of the molecule is c1ccc(-n2c3ccccc3c3c(N(c4ccccc4-c4cccc5oc6ccccc6c45)c4cccc5c4C4(c6ccccc6-c6ccccc64)c4ccccc4-5)cccc32)cc1. The third-order valence-corrected chi connectivity index (χ3v) is 14.0. The summed E-state index contributed by atoms with van der Waals surface area (Å²) in [5, 5.41) is 4.62. The van der Waals surface area contributed by atoms with Crippen LogP contribution in [-0.2, 0) is 5.41 Å². The Labute approximate surface area is 370 Å². The van der Waals surface area contributed by atoms with Crippen LogP contribution >= 0.6 is 0 Å². The standard InChI is InChI=1S/C61H38N2O/c1-2-19-39(20-3-1)62-52-33-14-8-25-46(52)59-53(62)34-18-35-54(59)63(51-32-13-7-24-43(51)44-27-17-38-57-58(44)47-26-9-15-37-56(47)64-57)55-36-16-28-45-42-23-6-12-31-50(42)61(60(45)55)48-29-10-4-21-40(48)41-22-5-11-30-49(41)61/h1-38H. The van der Waals surface area contributed by atoms with Crippen molar-refractivity contribution < 1.29 is 4.42 Å². The van der Waals surface area contributed by atoms with Gasteiger partial charge < -0.3 is 13.9 Å². The molecule has 3 nitrogen and oxygen atoms in total. The van der Waals surface area contributed by atoms with Crippen molar-refractivity contribution in [3.8, 4) is 39.1 Å². The predicted octanol–water partition coefficient (Wildman–Crippen LogP) is 16.2. The van der Waals surface area contributed by atoms with Gasteiger partial charge in [0.25, 0.3) is 0 Å². The second kappa shape index (κ2) is 13.3. The highest BCUT2D eigenvalue weighted by Gasteiger charge is 2.53. The van der Waals surface area contributed by atoms with E-state index in [0.717, 1.165) is 61.3 Å². The molecule has 0 N–H and O–H groups in total. The molecule has 0 saturated carbocycles. The largest absolute Gasteiger partial charge is 0.456 e. The van der Waals surface area contributed by atoms with Crippen LogP contribution in [0.4, 0.5) is 17.1 Å². The maximum atomic E-state index is 6.54. The van der Waals surface area contributed by atoms with Gasteiger partial charge in [-0.2, -0.15) is 0 Å². The number of rotatable bonds is 5. The average Bonchev–Trinajstić information content (AvgIpc) is 4.09. The van der Waals surface area contributed by atoms with Crippen molar-refractivity contribution in [3.63, 3.8) is 0 Å². The molecule has 2 aliphatic rings. The van der Waals surface area contributed by atoms with E-state index in [2.05, 4.69) is 240 Å². The zero-order valence-electron chi connectivity index (χ0n) is 34.7. The summed E-state index contributed by atoms with van der Waals surface area (Å²) in [7, 11) is 0. The Morgan fingerprint density at radius 3 is 1.59 bits per heavy atom. The van der Waals surface area contributed by atoms with Crippen LogP contribution < -0.4 is 4.90 Å². The molecule has 0 fully saturated rings. The molecule has 0 saturated heterocycles. The third-order valence-electron chi connectivity index (χ3n) is 14.0. The van der Waals surface area contributed by atoms with Gasteiger partial charge in [-0.05, 0) is 99.1 Å². The van der Waals surface area contributed by atoms with Crippen LogP contribution in [0.15, 0.2) is 235 Å². The lowest BCUT2D eigenvalue weighted by molar-refractivity contribution is 0.669. The van der Waals surface area contributed by atoms with Crippen molar-refractivity contribution in [1.82, 2.24) is 4.57 Å². The Morgan fingerprint density at radius 1 is 0.328 bits per heavy atom. The number of nitrogens with zero attached hydrogens (tertiary/aromatic N) is 2. The molecule has 0 aliphatic heterocycles. The molecule has 64 heavy (non-hydrogen) atoms. The highest BCUT2D eigenvalue weighted by atomic mass is 16.3. The lowest BCUT2D eigenvalue weighted by Crippen LogP contribution is -2.28. The van der Waals surface area contributed by atoms with Gasteiger partial charge in [0.05, 0.1) is 33.5 Å². The van der Waals surface area contributed by atoms with E-state index in [9.17, 15) is 0 Å². The zero-order chi connectivity index (χ0) is 41.9. The van der Waals surface area contributed by atoms with Crippen molar-refractivity contribution in [1.29, 1.82) is 0 Å². The highest BCUT2D eigenvalue weighted by molar-refractivity contribution is 6.19. The minimum Gasteiger partial charge on any atom is -0.456 e. The predicted molar refractivity (Wildman–Crippen MR) is 264 cm³/mol. The van der Waals surface area contributed by atoms with Crippen LogP contribution in [0.25, 0.3) is 82.8 Å². The maximum absolute atomic E-state index is 6.54. The molecule has 0 bridgehead atoms. The second-order valence-corrected chi connectivity index (χ2v) is 17.1. The average molecular weight is 815 g/mol. The molecule has 3 heteroatoms. The van der Waals surface area contributed by atoms with Crippen LogP contribution in [0, 0.1) is 0 Å². The summed E-state index contributed by atoms with van der Waals surface area (Å²) in [6, 6.07) is 84.7. The molecule has 2 aromatic heterocycles. The smallest absolute Gasteiger partial charge is 0.136 e. The number of hydrogen-bond donors (Lipinski definition) is 0. The number of hydrogen-bond acceptors (Lipinski definition) is 2. The first-order valence-electron chi connectivity index (χ1n) is 22.1. The van der Waals surface area contributed by atoms with E-state index in [-0.39, 0.29) is 0 Å². The van der Waals surface area contributed by atoms with Crippen molar-refractivity contribution >= 4 is 60.8 Å². The molecule has 10 aromatic carbocycles. The first kappa shape index (κ1) is 35.2. The Bertz CT molecular complexity index is 3810. The van der Waals surface area contributed by atoms with E-state index >= 15 is 0 Å². The molecule has 12 aromatic rings. The Morgan fingerprint density at radius 2 is 0.828 bits per heavy atom. The van der Waals surface area contributed by atoms with Crippen molar-refractivity contribution in [2.75, 3.05) is 4.90 Å². The second-order valence-electron chi connectivity index (χ2n) is 17.1. The number of para-hydroxylation sites is 4. The van der Waals surface area contributed by atoms with Crippen molar-refractivity contribution in [3.05, 3.63) is 253 Å². The maximum Gasteiger partial charge on any atom is 0.136 e. The number of benzene rings is 10. The van der Waals surface area contributed by atoms with E-state index in [1.165, 1.54) is 60.8 Å². The molecule has 0 atom stereocenters. The van der Waals surface area contributed by atoms with Crippen LogP contribution in [0.3, 0.4) is 0 Å². The van der Waals surface area contributed by atoms with Crippen LogP contribution in [0.1, 0.15) is 22.3 Å². The number of anilines is 3. The lowest BCUT2D eigenvalue weighted by Gasteiger charge is -2.36. The molecule has 2 heterocycles. The minimum atomic E-state index is -0.574. The Kier molecular flexibility index (Phi) is 7.32. The molecule has 0 unspecified atom stereocenters. The van der Waals surface area contributed by atoms with Gasteiger partial charge in [0.15, 0.2) is 0 Å². The van der Waals surface area contributed by atoms with Gasteiger partial charge in [-0.1, -0.05) is 176 Å². The van der Waals surface area contributed by atoms with Crippen LogP contribution in [0.2, 0.25) is 0 Å². The van der Waals surface area contributed by atoms with E-state index in [1.807, 2.05) is 0 Å². The lowest BCUT2D eigenvalue weighted by atomic mass is 9.70. The first-order valence-corrected chi connectivity index (χ1v) is 22.1. The fourth-order valence-corrected chi connectivity index (χ4v) is 11.6. The van der Waals surface area contributed by atoms with Gasteiger partial charge in [-0.3, -0.25) is 0 Å². The highest BCUT2D eigenvalue weighted by Crippen LogP contribution is 2.66. The number of furan rings is 1. The molecule has 1 spiro atoms. The van der Waals surface area contributed by atoms with Gasteiger partial charge >= 0.3 is 0 Å². The summed E-state index contributed by atoms with van der Waals surface area (Å²) in [5.41, 5.74) is 20.6. The summed E-state index contributed by atoms with van der Waals surface area (Å²) >= 11 is 0. The van der Waals surface area contributed by atoms with Gasteiger partial charge in [-0.15, -0.1) is 0 Å². The van der Waals surface area contributed by atoms with E-state index in [4.69, 9.17) is 4.42 Å². The van der Waals surface area contributed by atoms with E-state index in [0.29, 0.717) is 0 Å². The molecule has 14 rings (SSSR count). The minimum absolute atomic E-state index is 0.574. The van der Waals surface area contributed by atoms with Crippen LogP contribution in [-0.4, -0.2) is 4.57 Å². The molecule has 0 radical (unpaired) electrons. The molecule has 0 amide bonds. The molecular formula is C61H38N2O. The van der Waals surface area contributed by atoms with Gasteiger partial charge in [0, 0.05) is 38.4 Å². The van der Waals surface area contributed by atoms with Crippen LogP contribution in [0.5, 0.6) is 0 Å². The van der Waals surface area contributed by atoms with E-state index < -0.39 is 5.41 Å². The number of aromatic nitrogens is 1. The van der Waals surface area contributed by atoms with Crippen molar-refractivity contribution in [2.24, 2.45) is 0 Å². The fraction of sp³-hybridized carbons (Fsp3) is 0.0164. The van der Waals surface area contributed by atoms with Gasteiger partial charge in [0.1, 0.15) is 11.2 Å². The quantitative estimate of drug-likeness (QED) is 0.173. The first-order chi connectivity index (χ1) is 31.8.